The number of aromatic nitrogens is 1. The van der Waals surface area contributed by atoms with Crippen LogP contribution in [0.15, 0.2) is 28.8 Å². The molecule has 1 aromatic carbocycles. The highest BCUT2D eigenvalue weighted by atomic mass is 19.1. The Morgan fingerprint density at radius 3 is 2.80 bits per heavy atom. The molecular weight excluding hydrogens is 323 g/mol. The Kier molecular flexibility index (Phi) is 5.53. The molecule has 134 valence electrons. The fourth-order valence-corrected chi connectivity index (χ4v) is 2.96. The highest BCUT2D eigenvalue weighted by molar-refractivity contribution is 5.93. The minimum Gasteiger partial charge on any atom is -0.370 e. The topological polar surface area (TPSA) is 70.4 Å². The van der Waals surface area contributed by atoms with Crippen molar-refractivity contribution in [1.82, 2.24) is 10.5 Å². The molecule has 1 fully saturated rings. The molecule has 0 aliphatic carbocycles. The number of aryl methyl sites for hydroxylation is 1. The van der Waals surface area contributed by atoms with Crippen LogP contribution in [0.25, 0.3) is 0 Å². The van der Waals surface area contributed by atoms with Gasteiger partial charge in [0.05, 0.1) is 23.6 Å². The Morgan fingerprint density at radius 2 is 2.08 bits per heavy atom. The first-order valence-corrected chi connectivity index (χ1v) is 8.69. The van der Waals surface area contributed by atoms with Gasteiger partial charge in [0.1, 0.15) is 5.82 Å². The summed E-state index contributed by atoms with van der Waals surface area (Å²) in [5.74, 6) is 0.210. The maximum absolute atomic E-state index is 13.6. The fraction of sp³-hybridized carbons (Fsp3) is 0.444. The zero-order valence-electron chi connectivity index (χ0n) is 14.3. The third-order valence-electron chi connectivity index (χ3n) is 4.30. The lowest BCUT2D eigenvalue weighted by molar-refractivity contribution is 0.250. The summed E-state index contributed by atoms with van der Waals surface area (Å²) in [4.78, 5) is 14.4. The van der Waals surface area contributed by atoms with Crippen molar-refractivity contribution in [3.63, 3.8) is 0 Å². The van der Waals surface area contributed by atoms with Gasteiger partial charge in [-0.3, -0.25) is 0 Å². The van der Waals surface area contributed by atoms with Crippen LogP contribution in [0, 0.1) is 5.82 Å². The Morgan fingerprint density at radius 1 is 1.28 bits per heavy atom. The van der Waals surface area contributed by atoms with Gasteiger partial charge < -0.3 is 20.1 Å². The van der Waals surface area contributed by atoms with Gasteiger partial charge in [-0.25, -0.2) is 9.18 Å². The number of nitrogens with zero attached hydrogens (tertiary/aromatic N) is 2. The Balaban J connectivity index is 1.64. The quantitative estimate of drug-likeness (QED) is 0.866. The molecule has 2 heterocycles. The second kappa shape index (κ2) is 8.00. The van der Waals surface area contributed by atoms with Crippen LogP contribution in [0.4, 0.5) is 20.6 Å². The average Bonchev–Trinajstić information content (AvgIpc) is 3.09. The molecule has 0 unspecified atom stereocenters. The predicted octanol–water partition coefficient (Wildman–Crippen LogP) is 3.69. The molecule has 1 aliphatic heterocycles. The van der Waals surface area contributed by atoms with E-state index in [1.165, 1.54) is 18.6 Å². The number of halogens is 1. The van der Waals surface area contributed by atoms with E-state index in [2.05, 4.69) is 20.7 Å². The molecule has 1 aliphatic rings. The maximum atomic E-state index is 13.6. The van der Waals surface area contributed by atoms with Crippen LogP contribution in [-0.4, -0.2) is 24.3 Å². The number of anilines is 2. The van der Waals surface area contributed by atoms with Gasteiger partial charge in [-0.15, -0.1) is 0 Å². The summed E-state index contributed by atoms with van der Waals surface area (Å²) in [6, 6.07) is 5.90. The van der Waals surface area contributed by atoms with E-state index >= 15 is 0 Å². The largest absolute Gasteiger partial charge is 0.370 e. The van der Waals surface area contributed by atoms with Crippen LogP contribution in [0.3, 0.4) is 0 Å². The lowest BCUT2D eigenvalue weighted by atomic mass is 10.1. The lowest BCUT2D eigenvalue weighted by Crippen LogP contribution is -2.32. The summed E-state index contributed by atoms with van der Waals surface area (Å²) in [6.45, 7) is 4.04. The van der Waals surface area contributed by atoms with Crippen LogP contribution in [0.1, 0.15) is 37.6 Å². The summed E-state index contributed by atoms with van der Waals surface area (Å²) in [7, 11) is 0. The average molecular weight is 346 g/mol. The van der Waals surface area contributed by atoms with Crippen molar-refractivity contribution < 1.29 is 13.7 Å². The summed E-state index contributed by atoms with van der Waals surface area (Å²) in [6.07, 6.45) is 4.19. The fourth-order valence-electron chi connectivity index (χ4n) is 2.96. The highest BCUT2D eigenvalue weighted by Crippen LogP contribution is 2.29. The second-order valence-electron chi connectivity index (χ2n) is 6.15. The normalized spacial score (nSPS) is 14.4. The minimum absolute atomic E-state index is 0.229. The van der Waals surface area contributed by atoms with Gasteiger partial charge in [-0.1, -0.05) is 12.1 Å². The summed E-state index contributed by atoms with van der Waals surface area (Å²) < 4.78 is 18.8. The standard InChI is InChI=1S/C18H23FN4O2/c1-2-14-11-15(25-22-14)12-20-18(24)21-16-10-13(19)6-7-17(16)23-8-4-3-5-9-23/h6-7,10-11H,2-5,8-9,12H2,1H3,(H2,20,21,24). The van der Waals surface area contributed by atoms with E-state index in [4.69, 9.17) is 4.52 Å². The zero-order chi connectivity index (χ0) is 17.6. The lowest BCUT2D eigenvalue weighted by Gasteiger charge is -2.30. The van der Waals surface area contributed by atoms with Crippen molar-refractivity contribution in [3.8, 4) is 0 Å². The van der Waals surface area contributed by atoms with Crippen LogP contribution in [0.5, 0.6) is 0 Å². The van der Waals surface area contributed by atoms with Crippen molar-refractivity contribution in [2.75, 3.05) is 23.3 Å². The summed E-state index contributed by atoms with van der Waals surface area (Å²) in [5, 5.41) is 9.34. The Labute approximate surface area is 146 Å². The Hall–Kier alpha value is -2.57. The van der Waals surface area contributed by atoms with Crippen molar-refractivity contribution in [2.24, 2.45) is 0 Å². The van der Waals surface area contributed by atoms with Gasteiger partial charge in [-0.2, -0.15) is 0 Å². The van der Waals surface area contributed by atoms with Crippen molar-refractivity contribution in [3.05, 3.63) is 41.5 Å². The first-order valence-electron chi connectivity index (χ1n) is 8.69. The second-order valence-corrected chi connectivity index (χ2v) is 6.15. The number of carbonyl (C=O) groups excluding carboxylic acids is 1. The van der Waals surface area contributed by atoms with Gasteiger partial charge in [0, 0.05) is 19.2 Å². The SMILES string of the molecule is CCc1cc(CNC(=O)Nc2cc(F)ccc2N2CCCCC2)on1. The third kappa shape index (κ3) is 4.49. The first kappa shape index (κ1) is 17.3. The molecule has 0 spiro atoms. The van der Waals surface area contributed by atoms with E-state index in [-0.39, 0.29) is 12.4 Å². The van der Waals surface area contributed by atoms with Crippen LogP contribution in [-0.2, 0) is 13.0 Å². The molecule has 6 nitrogen and oxygen atoms in total. The molecule has 0 saturated carbocycles. The number of rotatable bonds is 5. The summed E-state index contributed by atoms with van der Waals surface area (Å²) in [5.41, 5.74) is 2.17. The smallest absolute Gasteiger partial charge is 0.319 e. The van der Waals surface area contributed by atoms with Crippen LogP contribution in [0.2, 0.25) is 0 Å². The molecule has 2 N–H and O–H groups in total. The number of benzene rings is 1. The molecule has 0 radical (unpaired) electrons. The molecule has 1 saturated heterocycles. The van der Waals surface area contributed by atoms with Crippen molar-refractivity contribution in [2.45, 2.75) is 39.2 Å². The highest BCUT2D eigenvalue weighted by Gasteiger charge is 2.16. The van der Waals surface area contributed by atoms with E-state index in [0.29, 0.717) is 11.4 Å². The van der Waals surface area contributed by atoms with Gasteiger partial charge in [0.15, 0.2) is 5.76 Å². The van der Waals surface area contributed by atoms with E-state index in [1.807, 2.05) is 13.0 Å². The van der Waals surface area contributed by atoms with Gasteiger partial charge >= 0.3 is 6.03 Å². The minimum atomic E-state index is -0.404. The molecule has 1 aromatic heterocycles. The molecule has 0 atom stereocenters. The maximum Gasteiger partial charge on any atom is 0.319 e. The number of urea groups is 1. The van der Waals surface area contributed by atoms with E-state index in [1.54, 1.807) is 6.07 Å². The molecule has 3 rings (SSSR count). The number of amides is 2. The molecule has 7 heteroatoms. The first-order chi connectivity index (χ1) is 12.2. The monoisotopic (exact) mass is 346 g/mol. The molecule has 0 bridgehead atoms. The van der Waals surface area contributed by atoms with E-state index < -0.39 is 6.03 Å². The molecular formula is C18H23FN4O2. The number of hydrogen-bond donors (Lipinski definition) is 2. The van der Waals surface area contributed by atoms with Gasteiger partial charge in [0.25, 0.3) is 0 Å². The van der Waals surface area contributed by atoms with Crippen LogP contribution < -0.4 is 15.5 Å². The number of carbonyl (C=O) groups is 1. The predicted molar refractivity (Wildman–Crippen MR) is 94.2 cm³/mol. The number of nitrogens with one attached hydrogen (secondary N) is 2. The molecule has 25 heavy (non-hydrogen) atoms. The third-order valence-corrected chi connectivity index (χ3v) is 4.30. The number of hydrogen-bond acceptors (Lipinski definition) is 4. The van der Waals surface area contributed by atoms with Crippen molar-refractivity contribution >= 4 is 17.4 Å². The Bertz CT molecular complexity index is 726. The zero-order valence-corrected chi connectivity index (χ0v) is 14.3. The van der Waals surface area contributed by atoms with Crippen molar-refractivity contribution in [1.29, 1.82) is 0 Å². The molecule has 2 aromatic rings. The van der Waals surface area contributed by atoms with E-state index in [0.717, 1.165) is 43.7 Å². The summed E-state index contributed by atoms with van der Waals surface area (Å²) >= 11 is 0. The van der Waals surface area contributed by atoms with Gasteiger partial charge in [-0.05, 0) is 43.9 Å². The number of piperidine rings is 1. The molecule has 2 amide bonds. The van der Waals surface area contributed by atoms with E-state index in [9.17, 15) is 9.18 Å². The van der Waals surface area contributed by atoms with Gasteiger partial charge in [0.2, 0.25) is 0 Å². The van der Waals surface area contributed by atoms with Crippen LogP contribution >= 0.6 is 0 Å².